The van der Waals surface area contributed by atoms with Crippen molar-refractivity contribution in [3.8, 4) is 17.2 Å². The van der Waals surface area contributed by atoms with Gasteiger partial charge in [-0.2, -0.15) is 15.1 Å². The van der Waals surface area contributed by atoms with E-state index in [1.54, 1.807) is 12.1 Å². The summed E-state index contributed by atoms with van der Waals surface area (Å²) in [5.74, 6) is 1.58. The molecule has 8 nitrogen and oxygen atoms in total. The number of nitrogens with zero attached hydrogens (tertiary/aromatic N) is 3. The Hall–Kier alpha value is -3.60. The molecule has 0 bridgehead atoms. The summed E-state index contributed by atoms with van der Waals surface area (Å²) in [5.41, 5.74) is 0.857. The van der Waals surface area contributed by atoms with E-state index in [9.17, 15) is 4.79 Å². The van der Waals surface area contributed by atoms with Crippen LogP contribution in [0.4, 0.5) is 0 Å². The third-order valence-corrected chi connectivity index (χ3v) is 6.62. The second kappa shape index (κ2) is 12.8. The molecule has 0 saturated heterocycles. The summed E-state index contributed by atoms with van der Waals surface area (Å²) in [6.07, 6.45) is 1.62. The Kier molecular flexibility index (Phi) is 9.22. The second-order valence-electron chi connectivity index (χ2n) is 7.84. The number of ether oxygens (including phenoxy) is 3. The second-order valence-corrected chi connectivity index (χ2v) is 9.80. The van der Waals surface area contributed by atoms with E-state index in [2.05, 4.69) is 26.0 Å². The van der Waals surface area contributed by atoms with Crippen molar-refractivity contribution < 1.29 is 19.0 Å². The Balaban J connectivity index is 0.00000336. The van der Waals surface area contributed by atoms with Crippen LogP contribution in [0, 0.1) is 5.41 Å². The maximum atomic E-state index is 12.7. The van der Waals surface area contributed by atoms with Crippen molar-refractivity contribution in [3.05, 3.63) is 94.5 Å². The third kappa shape index (κ3) is 6.83. The van der Waals surface area contributed by atoms with Gasteiger partial charge in [-0.3, -0.25) is 10.2 Å². The van der Waals surface area contributed by atoms with Gasteiger partial charge in [-0.1, -0.05) is 46.3 Å². The standard InChI is InChI=1S/C27H21BrN4O4S.ClH/c28-19-9-11-21(12-10-19)34-13-14-35-22-8-4-5-18(15-22)16-23-25(29)32-27(30-26(23)33)37-24(31-32)17-36-20-6-2-1-3-7-20;/h1-12,15-16,29H,13-14,17H2;1H/b23-16-,29-25?;. The molecule has 1 N–H and O–H groups in total. The lowest BCUT2D eigenvalue weighted by Gasteiger charge is -2.20. The molecule has 3 aromatic carbocycles. The first-order chi connectivity index (χ1) is 18.0. The van der Waals surface area contributed by atoms with Gasteiger partial charge in [0, 0.05) is 4.47 Å². The highest BCUT2D eigenvalue weighted by Crippen LogP contribution is 2.29. The summed E-state index contributed by atoms with van der Waals surface area (Å²) < 4.78 is 18.2. The van der Waals surface area contributed by atoms with Crippen molar-refractivity contribution in [1.29, 1.82) is 5.41 Å². The Morgan fingerprint density at radius 2 is 1.58 bits per heavy atom. The SMILES string of the molecule is Cl.N=C1/C(=C/c2cccc(OCCOc3ccc(Br)cc3)c2)C(=O)N=C2SC(COc3ccccc3)=NN12. The monoisotopic (exact) mass is 612 g/mol. The van der Waals surface area contributed by atoms with Crippen LogP contribution in [0.1, 0.15) is 5.56 Å². The van der Waals surface area contributed by atoms with Crippen LogP contribution in [-0.4, -0.2) is 46.8 Å². The average Bonchev–Trinajstić information content (AvgIpc) is 3.33. The summed E-state index contributed by atoms with van der Waals surface area (Å²) in [5, 5.41) is 15.3. The molecule has 0 radical (unpaired) electrons. The molecule has 0 atom stereocenters. The first-order valence-corrected chi connectivity index (χ1v) is 12.9. The lowest BCUT2D eigenvalue weighted by Crippen LogP contribution is -2.35. The largest absolute Gasteiger partial charge is 0.490 e. The zero-order chi connectivity index (χ0) is 25.6. The smallest absolute Gasteiger partial charge is 0.283 e. The maximum Gasteiger partial charge on any atom is 0.283 e. The number of para-hydroxylation sites is 1. The number of thioether (sulfide) groups is 1. The van der Waals surface area contributed by atoms with Crippen molar-refractivity contribution in [2.24, 2.45) is 10.1 Å². The molecule has 0 fully saturated rings. The molecule has 2 aliphatic rings. The van der Waals surface area contributed by atoms with E-state index >= 15 is 0 Å². The zero-order valence-corrected chi connectivity index (χ0v) is 23.1. The van der Waals surface area contributed by atoms with Crippen molar-refractivity contribution in [2.45, 2.75) is 0 Å². The van der Waals surface area contributed by atoms with Gasteiger partial charge in [-0.05, 0) is 71.9 Å². The van der Waals surface area contributed by atoms with Gasteiger partial charge in [-0.15, -0.1) is 12.4 Å². The first-order valence-electron chi connectivity index (χ1n) is 11.3. The van der Waals surface area contributed by atoms with Gasteiger partial charge in [0.15, 0.2) is 5.84 Å². The minimum absolute atomic E-state index is 0. The molecule has 0 saturated carbocycles. The van der Waals surface area contributed by atoms with Crippen LogP contribution < -0.4 is 14.2 Å². The number of carbonyl (C=O) groups is 1. The van der Waals surface area contributed by atoms with E-state index in [0.717, 1.165) is 10.2 Å². The van der Waals surface area contributed by atoms with E-state index in [1.165, 1.54) is 16.8 Å². The number of hydrogen-bond acceptors (Lipinski definition) is 7. The van der Waals surface area contributed by atoms with E-state index in [0.29, 0.717) is 40.5 Å². The molecule has 0 aromatic heterocycles. The minimum Gasteiger partial charge on any atom is -0.490 e. The molecule has 5 rings (SSSR count). The average molecular weight is 614 g/mol. The van der Waals surface area contributed by atoms with Crippen molar-refractivity contribution in [2.75, 3.05) is 19.8 Å². The molecule has 0 unspecified atom stereocenters. The molecule has 194 valence electrons. The number of benzene rings is 3. The van der Waals surface area contributed by atoms with Crippen molar-refractivity contribution in [1.82, 2.24) is 5.01 Å². The van der Waals surface area contributed by atoms with Gasteiger partial charge in [0.2, 0.25) is 5.17 Å². The Bertz CT molecular complexity index is 1410. The number of hydrogen-bond donors (Lipinski definition) is 1. The normalized spacial score (nSPS) is 15.4. The topological polar surface area (TPSA) is 96.6 Å². The summed E-state index contributed by atoms with van der Waals surface area (Å²) in [6, 6.07) is 24.2. The number of nitrogens with one attached hydrogen (secondary N) is 1. The zero-order valence-electron chi connectivity index (χ0n) is 19.9. The lowest BCUT2D eigenvalue weighted by molar-refractivity contribution is -0.114. The first kappa shape index (κ1) is 27.4. The van der Waals surface area contributed by atoms with Gasteiger partial charge in [0.1, 0.15) is 42.1 Å². The van der Waals surface area contributed by atoms with E-state index in [-0.39, 0.29) is 30.4 Å². The van der Waals surface area contributed by atoms with Crippen LogP contribution in [0.3, 0.4) is 0 Å². The number of halogens is 2. The predicted octanol–water partition coefficient (Wildman–Crippen LogP) is 6.03. The van der Waals surface area contributed by atoms with Crippen LogP contribution >= 0.6 is 40.1 Å². The Morgan fingerprint density at radius 1 is 0.895 bits per heavy atom. The fourth-order valence-corrected chi connectivity index (χ4v) is 4.53. The van der Waals surface area contributed by atoms with Crippen LogP contribution in [0.2, 0.25) is 0 Å². The number of hydrazone groups is 1. The molecular formula is C27H22BrClN4O4S. The van der Waals surface area contributed by atoms with Crippen LogP contribution in [-0.2, 0) is 4.79 Å². The van der Waals surface area contributed by atoms with Gasteiger partial charge in [0.25, 0.3) is 5.91 Å². The number of amides is 1. The Labute approximate surface area is 238 Å². The van der Waals surface area contributed by atoms with Gasteiger partial charge in [-0.25, -0.2) is 0 Å². The van der Waals surface area contributed by atoms with Crippen LogP contribution in [0.25, 0.3) is 6.08 Å². The molecular weight excluding hydrogens is 592 g/mol. The highest BCUT2D eigenvalue weighted by molar-refractivity contribution is 9.10. The summed E-state index contributed by atoms with van der Waals surface area (Å²) in [4.78, 5) is 16.9. The predicted molar refractivity (Wildman–Crippen MR) is 156 cm³/mol. The molecule has 0 aliphatic carbocycles. The van der Waals surface area contributed by atoms with Crippen LogP contribution in [0.5, 0.6) is 17.2 Å². The van der Waals surface area contributed by atoms with Crippen molar-refractivity contribution >= 4 is 68.1 Å². The molecule has 2 heterocycles. The molecule has 38 heavy (non-hydrogen) atoms. The fourth-order valence-electron chi connectivity index (χ4n) is 3.46. The molecule has 11 heteroatoms. The van der Waals surface area contributed by atoms with E-state index in [1.807, 2.05) is 72.8 Å². The number of aliphatic imine (C=N–C) groups is 1. The van der Waals surface area contributed by atoms with Crippen molar-refractivity contribution in [3.63, 3.8) is 0 Å². The summed E-state index contributed by atoms with van der Waals surface area (Å²) in [6.45, 7) is 0.955. The number of fused-ring (bicyclic) bond motifs is 1. The summed E-state index contributed by atoms with van der Waals surface area (Å²) in [7, 11) is 0. The number of amidine groups is 2. The van der Waals surface area contributed by atoms with E-state index < -0.39 is 5.91 Å². The molecule has 2 aliphatic heterocycles. The highest BCUT2D eigenvalue weighted by atomic mass is 79.9. The molecule has 1 amide bonds. The Morgan fingerprint density at radius 3 is 2.34 bits per heavy atom. The number of carbonyl (C=O) groups excluding carboxylic acids is 1. The fraction of sp³-hybridized carbons (Fsp3) is 0.111. The number of rotatable bonds is 9. The maximum absolute atomic E-state index is 12.7. The quantitative estimate of drug-likeness (QED) is 0.234. The third-order valence-electron chi connectivity index (χ3n) is 5.21. The van der Waals surface area contributed by atoms with E-state index in [4.69, 9.17) is 19.6 Å². The van der Waals surface area contributed by atoms with Gasteiger partial charge >= 0.3 is 0 Å². The van der Waals surface area contributed by atoms with Gasteiger partial charge < -0.3 is 14.2 Å². The van der Waals surface area contributed by atoms with Crippen LogP contribution in [0.15, 0.2) is 99.0 Å². The molecule has 3 aromatic rings. The highest BCUT2D eigenvalue weighted by Gasteiger charge is 2.35. The minimum atomic E-state index is -0.488. The molecule has 0 spiro atoms. The lowest BCUT2D eigenvalue weighted by atomic mass is 10.1. The summed E-state index contributed by atoms with van der Waals surface area (Å²) >= 11 is 4.62. The van der Waals surface area contributed by atoms with Gasteiger partial charge in [0.05, 0.1) is 5.57 Å².